The highest BCUT2D eigenvalue weighted by molar-refractivity contribution is 7.99. The van der Waals surface area contributed by atoms with Gasteiger partial charge in [0.2, 0.25) is 15.9 Å². The van der Waals surface area contributed by atoms with Crippen molar-refractivity contribution in [3.8, 4) is 0 Å². The zero-order chi connectivity index (χ0) is 18.6. The molecule has 0 unspecified atom stereocenters. The minimum absolute atomic E-state index is 0.00254. The van der Waals surface area contributed by atoms with E-state index >= 15 is 0 Å². The molecule has 2 rings (SSSR count). The van der Waals surface area contributed by atoms with Gasteiger partial charge in [0.05, 0.1) is 10.8 Å². The minimum Gasteiger partial charge on any atom is -0.352 e. The Morgan fingerprint density at radius 2 is 2.04 bits per heavy atom. The van der Waals surface area contributed by atoms with E-state index in [-0.39, 0.29) is 22.6 Å². The Bertz CT molecular complexity index is 690. The second-order valence-corrected chi connectivity index (χ2v) is 10.00. The van der Waals surface area contributed by atoms with Gasteiger partial charge in [-0.1, -0.05) is 38.5 Å². The van der Waals surface area contributed by atoms with Crippen LogP contribution in [0.4, 0.5) is 0 Å². The Hall–Kier alpha value is -1.12. The predicted octanol–water partition coefficient (Wildman–Crippen LogP) is 2.36. The third-order valence-electron chi connectivity index (χ3n) is 4.89. The first-order valence-corrected chi connectivity index (χ1v) is 10.9. The van der Waals surface area contributed by atoms with Crippen LogP contribution in [0, 0.1) is 11.8 Å². The van der Waals surface area contributed by atoms with Gasteiger partial charge in [-0.15, -0.1) is 0 Å². The van der Waals surface area contributed by atoms with Gasteiger partial charge in [0.1, 0.15) is 4.90 Å². The van der Waals surface area contributed by atoms with Crippen LogP contribution in [-0.4, -0.2) is 49.5 Å². The number of nitrogens with one attached hydrogen (secondary N) is 1. The number of aromatic nitrogens is 1. The summed E-state index contributed by atoms with van der Waals surface area (Å²) in [5, 5.41) is 3.77. The Kier molecular flexibility index (Phi) is 6.87. The molecule has 0 bridgehead atoms. The van der Waals surface area contributed by atoms with Crippen LogP contribution in [0.5, 0.6) is 0 Å². The van der Waals surface area contributed by atoms with Crippen molar-refractivity contribution < 1.29 is 13.2 Å². The molecule has 6 nitrogen and oxygen atoms in total. The van der Waals surface area contributed by atoms with Crippen molar-refractivity contribution >= 4 is 27.7 Å². The molecular formula is C17H27N3O3S2. The highest BCUT2D eigenvalue weighted by Crippen LogP contribution is 2.29. The summed E-state index contributed by atoms with van der Waals surface area (Å²) in [5.74, 6) is 1.42. The molecular weight excluding hydrogens is 358 g/mol. The topological polar surface area (TPSA) is 79.4 Å². The van der Waals surface area contributed by atoms with Crippen molar-refractivity contribution in [1.29, 1.82) is 0 Å². The maximum Gasteiger partial charge on any atom is 0.244 e. The Balaban J connectivity index is 1.88. The van der Waals surface area contributed by atoms with Crippen molar-refractivity contribution in [1.82, 2.24) is 14.6 Å². The van der Waals surface area contributed by atoms with Crippen LogP contribution in [0.15, 0.2) is 28.3 Å². The molecule has 1 heterocycles. The van der Waals surface area contributed by atoms with E-state index in [1.807, 2.05) is 0 Å². The van der Waals surface area contributed by atoms with Gasteiger partial charge in [0, 0.05) is 26.3 Å². The molecule has 1 aromatic rings. The fraction of sp³-hybridized carbons (Fsp3) is 0.647. The number of amides is 1. The summed E-state index contributed by atoms with van der Waals surface area (Å²) >= 11 is 1.32. The highest BCUT2D eigenvalue weighted by atomic mass is 32.2. The van der Waals surface area contributed by atoms with Gasteiger partial charge in [-0.3, -0.25) is 4.79 Å². The van der Waals surface area contributed by atoms with E-state index in [9.17, 15) is 13.2 Å². The van der Waals surface area contributed by atoms with E-state index < -0.39 is 10.0 Å². The van der Waals surface area contributed by atoms with Gasteiger partial charge >= 0.3 is 0 Å². The Labute approximate surface area is 154 Å². The average molecular weight is 386 g/mol. The van der Waals surface area contributed by atoms with Crippen LogP contribution in [0.3, 0.4) is 0 Å². The summed E-state index contributed by atoms with van der Waals surface area (Å²) in [6.45, 7) is 4.44. The van der Waals surface area contributed by atoms with Crippen LogP contribution in [0.2, 0.25) is 0 Å². The number of pyridine rings is 1. The number of thioether (sulfide) groups is 1. The maximum absolute atomic E-state index is 12.2. The van der Waals surface area contributed by atoms with Gasteiger partial charge in [-0.2, -0.15) is 0 Å². The van der Waals surface area contributed by atoms with Gasteiger partial charge < -0.3 is 5.32 Å². The summed E-state index contributed by atoms with van der Waals surface area (Å²) < 4.78 is 25.2. The number of carbonyl (C=O) groups is 1. The molecule has 0 radical (unpaired) electrons. The maximum atomic E-state index is 12.2. The second kappa shape index (κ2) is 8.51. The smallest absolute Gasteiger partial charge is 0.244 e. The summed E-state index contributed by atoms with van der Waals surface area (Å²) in [7, 11) is -0.510. The molecule has 0 aromatic carbocycles. The van der Waals surface area contributed by atoms with Gasteiger partial charge in [-0.05, 0) is 30.4 Å². The lowest BCUT2D eigenvalue weighted by molar-refractivity contribution is -0.120. The van der Waals surface area contributed by atoms with Crippen LogP contribution in [-0.2, 0) is 14.8 Å². The monoisotopic (exact) mass is 385 g/mol. The van der Waals surface area contributed by atoms with Crippen molar-refractivity contribution in [2.24, 2.45) is 11.8 Å². The third-order valence-corrected chi connectivity index (χ3v) is 7.63. The fourth-order valence-corrected chi connectivity index (χ4v) is 4.49. The largest absolute Gasteiger partial charge is 0.352 e. The van der Waals surface area contributed by atoms with E-state index in [0.29, 0.717) is 16.9 Å². The number of rotatable bonds is 6. The zero-order valence-electron chi connectivity index (χ0n) is 15.2. The SMILES string of the molecule is C[C@@H]1[C@H](C)CCC[C@H]1NC(=O)CSc1ccc(S(=O)(=O)N(C)C)cn1. The Morgan fingerprint density at radius 3 is 2.64 bits per heavy atom. The van der Waals surface area contributed by atoms with Crippen LogP contribution < -0.4 is 5.32 Å². The number of carbonyl (C=O) groups excluding carboxylic acids is 1. The summed E-state index contributed by atoms with van der Waals surface area (Å²) in [5.41, 5.74) is 0. The van der Waals surface area contributed by atoms with Gasteiger partial charge in [0.25, 0.3) is 0 Å². The lowest BCUT2D eigenvalue weighted by Crippen LogP contribution is -2.44. The van der Waals surface area contributed by atoms with Crippen molar-refractivity contribution in [2.75, 3.05) is 19.8 Å². The van der Waals surface area contributed by atoms with E-state index in [0.717, 1.165) is 17.1 Å². The first kappa shape index (κ1) is 20.2. The molecule has 1 aromatic heterocycles. The van der Waals surface area contributed by atoms with E-state index in [1.165, 1.54) is 44.5 Å². The molecule has 0 aliphatic heterocycles. The van der Waals surface area contributed by atoms with E-state index in [4.69, 9.17) is 0 Å². The van der Waals surface area contributed by atoms with Crippen LogP contribution in [0.1, 0.15) is 33.1 Å². The standard InChI is InChI=1S/C17H27N3O3S2/c1-12-6-5-7-15(13(12)2)19-16(21)11-24-17-9-8-14(10-18-17)25(22,23)20(3)4/h8-10,12-13,15H,5-7,11H2,1-4H3,(H,19,21)/t12-,13-,15-/m1/s1. The van der Waals surface area contributed by atoms with Crippen LogP contribution >= 0.6 is 11.8 Å². The third kappa shape index (κ3) is 5.18. The quantitative estimate of drug-likeness (QED) is 0.761. The second-order valence-electron chi connectivity index (χ2n) is 6.85. The minimum atomic E-state index is -3.47. The van der Waals surface area contributed by atoms with E-state index in [1.54, 1.807) is 6.07 Å². The first-order chi connectivity index (χ1) is 11.7. The molecule has 0 spiro atoms. The summed E-state index contributed by atoms with van der Waals surface area (Å²) in [6, 6.07) is 3.41. The molecule has 1 aliphatic rings. The number of hydrogen-bond donors (Lipinski definition) is 1. The number of hydrogen-bond acceptors (Lipinski definition) is 5. The van der Waals surface area contributed by atoms with Crippen molar-refractivity contribution in [3.63, 3.8) is 0 Å². The Morgan fingerprint density at radius 1 is 1.32 bits per heavy atom. The molecule has 1 saturated carbocycles. The highest BCUT2D eigenvalue weighted by Gasteiger charge is 2.28. The summed E-state index contributed by atoms with van der Waals surface area (Å²) in [6.07, 6.45) is 4.76. The summed E-state index contributed by atoms with van der Waals surface area (Å²) in [4.78, 5) is 16.5. The zero-order valence-corrected chi connectivity index (χ0v) is 16.9. The van der Waals surface area contributed by atoms with Gasteiger partial charge in [-0.25, -0.2) is 17.7 Å². The molecule has 25 heavy (non-hydrogen) atoms. The fourth-order valence-electron chi connectivity index (χ4n) is 2.99. The predicted molar refractivity (Wildman–Crippen MR) is 99.9 cm³/mol. The lowest BCUT2D eigenvalue weighted by Gasteiger charge is -2.34. The number of nitrogens with zero attached hydrogens (tertiary/aromatic N) is 2. The molecule has 1 amide bonds. The van der Waals surface area contributed by atoms with Crippen molar-refractivity contribution in [2.45, 2.75) is 49.1 Å². The van der Waals surface area contributed by atoms with Crippen LogP contribution in [0.25, 0.3) is 0 Å². The average Bonchev–Trinajstić information content (AvgIpc) is 2.57. The lowest BCUT2D eigenvalue weighted by atomic mass is 9.78. The number of sulfonamides is 1. The first-order valence-electron chi connectivity index (χ1n) is 8.52. The molecule has 8 heteroatoms. The molecule has 1 fully saturated rings. The van der Waals surface area contributed by atoms with E-state index in [2.05, 4.69) is 24.1 Å². The molecule has 1 N–H and O–H groups in total. The molecule has 0 saturated heterocycles. The van der Waals surface area contributed by atoms with Gasteiger partial charge in [0.15, 0.2) is 0 Å². The molecule has 140 valence electrons. The normalized spacial score (nSPS) is 24.3. The van der Waals surface area contributed by atoms with Crippen molar-refractivity contribution in [3.05, 3.63) is 18.3 Å². The molecule has 3 atom stereocenters. The molecule has 1 aliphatic carbocycles.